The lowest BCUT2D eigenvalue weighted by Gasteiger charge is -2.32. The van der Waals surface area contributed by atoms with Crippen molar-refractivity contribution in [1.82, 2.24) is 5.32 Å². The Hall–Kier alpha value is -1.12. The van der Waals surface area contributed by atoms with Crippen molar-refractivity contribution >= 4 is 11.3 Å². The highest BCUT2D eigenvalue weighted by Crippen LogP contribution is 2.43. The maximum Gasteiger partial charge on any atom is 0.0392 e. The fraction of sp³-hybridized carbons (Fsp3) is 0.474. The van der Waals surface area contributed by atoms with Crippen molar-refractivity contribution in [3.8, 4) is 0 Å². The van der Waals surface area contributed by atoms with Crippen LogP contribution in [0, 0.1) is 13.8 Å². The van der Waals surface area contributed by atoms with Crippen molar-refractivity contribution in [3.63, 3.8) is 0 Å². The van der Waals surface area contributed by atoms with E-state index in [-0.39, 0.29) is 0 Å². The van der Waals surface area contributed by atoms with Gasteiger partial charge < -0.3 is 5.32 Å². The van der Waals surface area contributed by atoms with Gasteiger partial charge >= 0.3 is 0 Å². The van der Waals surface area contributed by atoms with E-state index in [1.165, 1.54) is 36.0 Å². The normalized spacial score (nSPS) is 19.3. The molecule has 1 nitrogen and oxygen atoms in total. The van der Waals surface area contributed by atoms with E-state index in [0.29, 0.717) is 12.0 Å². The van der Waals surface area contributed by atoms with E-state index in [2.05, 4.69) is 55.7 Å². The molecule has 2 atom stereocenters. The van der Waals surface area contributed by atoms with Crippen LogP contribution in [0.2, 0.25) is 0 Å². The summed E-state index contributed by atoms with van der Waals surface area (Å²) < 4.78 is 0. The van der Waals surface area contributed by atoms with Crippen LogP contribution in [0.5, 0.6) is 0 Å². The van der Waals surface area contributed by atoms with E-state index < -0.39 is 0 Å². The topological polar surface area (TPSA) is 12.0 Å². The van der Waals surface area contributed by atoms with Crippen molar-refractivity contribution in [1.29, 1.82) is 0 Å². The molecule has 2 unspecified atom stereocenters. The second kappa shape index (κ2) is 6.33. The second-order valence-electron chi connectivity index (χ2n) is 6.19. The summed E-state index contributed by atoms with van der Waals surface area (Å²) in [5.74, 6) is 0.626. The van der Waals surface area contributed by atoms with E-state index >= 15 is 0 Å². The number of nitrogens with one attached hydrogen (secondary N) is 1. The maximum absolute atomic E-state index is 3.76. The molecular weight excluding hydrogens is 274 g/mol. The van der Waals surface area contributed by atoms with Gasteiger partial charge in [0.05, 0.1) is 0 Å². The predicted molar refractivity (Wildman–Crippen MR) is 92.3 cm³/mol. The molecule has 0 amide bonds. The molecule has 0 radical (unpaired) electrons. The summed E-state index contributed by atoms with van der Waals surface area (Å²) in [5.41, 5.74) is 5.85. The number of hydrogen-bond donors (Lipinski definition) is 1. The lowest BCUT2D eigenvalue weighted by Crippen LogP contribution is -2.29. The van der Waals surface area contributed by atoms with E-state index in [4.69, 9.17) is 0 Å². The van der Waals surface area contributed by atoms with Crippen molar-refractivity contribution < 1.29 is 0 Å². The maximum atomic E-state index is 3.76. The number of likely N-dealkylation sites (N-methyl/N-ethyl adjacent to an activating group) is 1. The zero-order chi connectivity index (χ0) is 14.8. The molecule has 112 valence electrons. The van der Waals surface area contributed by atoms with Crippen molar-refractivity contribution in [2.75, 3.05) is 6.54 Å². The van der Waals surface area contributed by atoms with E-state index in [0.717, 1.165) is 6.54 Å². The molecule has 1 aliphatic rings. The van der Waals surface area contributed by atoms with Gasteiger partial charge in [0.25, 0.3) is 0 Å². The third-order valence-electron chi connectivity index (χ3n) is 4.69. The van der Waals surface area contributed by atoms with Gasteiger partial charge in [-0.3, -0.25) is 0 Å². The summed E-state index contributed by atoms with van der Waals surface area (Å²) >= 11 is 1.94. The Balaban J connectivity index is 1.99. The van der Waals surface area contributed by atoms with Gasteiger partial charge in [0.2, 0.25) is 0 Å². The fourth-order valence-electron chi connectivity index (χ4n) is 3.73. The number of aryl methyl sites for hydroxylation is 3. The standard InChI is InChI=1S/C19H25NS/c1-4-20-19(15-9-8-13(2)12-14(15)3)17-6-5-7-18-16(17)10-11-21-18/h8-12,17,19-20H,4-7H2,1-3H3. The smallest absolute Gasteiger partial charge is 0.0392 e. The Morgan fingerprint density at radius 2 is 2.14 bits per heavy atom. The van der Waals surface area contributed by atoms with Gasteiger partial charge in [-0.2, -0.15) is 0 Å². The first-order valence-electron chi connectivity index (χ1n) is 8.07. The number of benzene rings is 1. The van der Waals surface area contributed by atoms with Crippen molar-refractivity contribution in [2.45, 2.75) is 52.0 Å². The monoisotopic (exact) mass is 299 g/mol. The fourth-order valence-corrected chi connectivity index (χ4v) is 4.73. The molecule has 0 fully saturated rings. The second-order valence-corrected chi connectivity index (χ2v) is 7.19. The lowest BCUT2D eigenvalue weighted by molar-refractivity contribution is 0.410. The average Bonchev–Trinajstić information content (AvgIpc) is 2.94. The van der Waals surface area contributed by atoms with Crippen LogP contribution in [-0.4, -0.2) is 6.54 Å². The zero-order valence-electron chi connectivity index (χ0n) is 13.3. The minimum Gasteiger partial charge on any atom is -0.310 e. The molecule has 2 aromatic rings. The Bertz CT molecular complexity index is 614. The molecule has 1 aromatic carbocycles. The molecule has 1 aromatic heterocycles. The number of thiophene rings is 1. The molecule has 3 rings (SSSR count). The number of fused-ring (bicyclic) bond motifs is 1. The van der Waals surface area contributed by atoms with Gasteiger partial charge in [0.15, 0.2) is 0 Å². The molecule has 2 heteroatoms. The van der Waals surface area contributed by atoms with Crippen LogP contribution in [-0.2, 0) is 6.42 Å². The van der Waals surface area contributed by atoms with Crippen LogP contribution in [0.25, 0.3) is 0 Å². The lowest BCUT2D eigenvalue weighted by atomic mass is 9.78. The molecule has 0 saturated heterocycles. The van der Waals surface area contributed by atoms with E-state index in [1.54, 1.807) is 10.4 Å². The first-order chi connectivity index (χ1) is 10.2. The van der Waals surface area contributed by atoms with Gasteiger partial charge in [-0.15, -0.1) is 11.3 Å². The predicted octanol–water partition coefficient (Wildman–Crippen LogP) is 5.14. The first kappa shape index (κ1) is 14.8. The average molecular weight is 299 g/mol. The molecule has 1 aliphatic carbocycles. The van der Waals surface area contributed by atoms with Crippen molar-refractivity contribution in [3.05, 3.63) is 56.8 Å². The third-order valence-corrected chi connectivity index (χ3v) is 5.68. The largest absolute Gasteiger partial charge is 0.310 e. The van der Waals surface area contributed by atoms with Crippen LogP contribution in [0.15, 0.2) is 29.6 Å². The highest BCUT2D eigenvalue weighted by molar-refractivity contribution is 7.10. The van der Waals surface area contributed by atoms with Crippen molar-refractivity contribution in [2.24, 2.45) is 0 Å². The number of rotatable bonds is 4. The summed E-state index contributed by atoms with van der Waals surface area (Å²) in [4.78, 5) is 1.61. The van der Waals surface area contributed by atoms with Crippen LogP contribution < -0.4 is 5.32 Å². The minimum absolute atomic E-state index is 0.448. The zero-order valence-corrected chi connectivity index (χ0v) is 14.1. The summed E-state index contributed by atoms with van der Waals surface area (Å²) in [7, 11) is 0. The Kier molecular flexibility index (Phi) is 4.46. The Labute approximate surface area is 132 Å². The molecule has 0 spiro atoms. The molecule has 0 saturated carbocycles. The van der Waals surface area contributed by atoms with Gasteiger partial charge in [-0.05, 0) is 67.8 Å². The van der Waals surface area contributed by atoms with Gasteiger partial charge in [-0.25, -0.2) is 0 Å². The van der Waals surface area contributed by atoms with Gasteiger partial charge in [-0.1, -0.05) is 30.7 Å². The highest BCUT2D eigenvalue weighted by atomic mass is 32.1. The summed E-state index contributed by atoms with van der Waals surface area (Å²) in [6.07, 6.45) is 3.90. The van der Waals surface area contributed by atoms with Crippen LogP contribution in [0.1, 0.15) is 58.9 Å². The van der Waals surface area contributed by atoms with Crippen LogP contribution in [0.4, 0.5) is 0 Å². The van der Waals surface area contributed by atoms with Gasteiger partial charge in [0, 0.05) is 16.8 Å². The minimum atomic E-state index is 0.448. The Morgan fingerprint density at radius 1 is 1.29 bits per heavy atom. The van der Waals surface area contributed by atoms with Crippen LogP contribution >= 0.6 is 11.3 Å². The Morgan fingerprint density at radius 3 is 2.90 bits per heavy atom. The quantitative estimate of drug-likeness (QED) is 0.824. The molecule has 1 N–H and O–H groups in total. The molecular formula is C19H25NS. The van der Waals surface area contributed by atoms with E-state index in [1.807, 2.05) is 11.3 Å². The molecule has 0 aliphatic heterocycles. The highest BCUT2D eigenvalue weighted by Gasteiger charge is 2.29. The summed E-state index contributed by atoms with van der Waals surface area (Å²) in [5, 5.41) is 6.04. The van der Waals surface area contributed by atoms with Crippen LogP contribution in [0.3, 0.4) is 0 Å². The molecule has 21 heavy (non-hydrogen) atoms. The molecule has 1 heterocycles. The first-order valence-corrected chi connectivity index (χ1v) is 8.95. The number of hydrogen-bond acceptors (Lipinski definition) is 2. The SMILES string of the molecule is CCNC(c1ccc(C)cc1C)C1CCCc2sccc21. The summed E-state index contributed by atoms with van der Waals surface area (Å²) in [6, 6.07) is 9.71. The van der Waals surface area contributed by atoms with E-state index in [9.17, 15) is 0 Å². The van der Waals surface area contributed by atoms with Gasteiger partial charge in [0.1, 0.15) is 0 Å². The molecule has 0 bridgehead atoms. The third kappa shape index (κ3) is 2.93. The summed E-state index contributed by atoms with van der Waals surface area (Å²) in [6.45, 7) is 7.67.